The van der Waals surface area contributed by atoms with Crippen molar-refractivity contribution < 1.29 is 9.53 Å². The van der Waals surface area contributed by atoms with Gasteiger partial charge in [0, 0.05) is 18.3 Å². The lowest BCUT2D eigenvalue weighted by Gasteiger charge is -2.06. The van der Waals surface area contributed by atoms with Gasteiger partial charge in [-0.3, -0.25) is 19.1 Å². The number of nitrogens with zero attached hydrogens (tertiary/aromatic N) is 1. The number of H-pyrrole nitrogens is 1. The fraction of sp³-hybridized carbons (Fsp3) is 0.545. The second kappa shape index (κ2) is 6.03. The van der Waals surface area contributed by atoms with Crippen LogP contribution in [0.25, 0.3) is 0 Å². The molecular formula is C11H16N2O4. The molecule has 0 saturated heterocycles. The monoisotopic (exact) mass is 240 g/mol. The van der Waals surface area contributed by atoms with Crippen LogP contribution < -0.4 is 11.2 Å². The lowest BCUT2D eigenvalue weighted by Crippen LogP contribution is -2.32. The highest BCUT2D eigenvalue weighted by molar-refractivity contribution is 5.69. The smallest absolute Gasteiger partial charge is 0.328 e. The summed E-state index contributed by atoms with van der Waals surface area (Å²) >= 11 is 0. The Hall–Kier alpha value is -1.85. The van der Waals surface area contributed by atoms with Gasteiger partial charge in [0.15, 0.2) is 0 Å². The summed E-state index contributed by atoms with van der Waals surface area (Å²) in [7, 11) is 0. The highest BCUT2D eigenvalue weighted by Gasteiger charge is 2.06. The highest BCUT2D eigenvalue weighted by atomic mass is 16.5. The molecule has 0 aliphatic heterocycles. The van der Waals surface area contributed by atoms with Crippen LogP contribution in [0.2, 0.25) is 0 Å². The number of esters is 1. The quantitative estimate of drug-likeness (QED) is 0.737. The van der Waals surface area contributed by atoms with E-state index in [9.17, 15) is 14.4 Å². The molecular weight excluding hydrogens is 224 g/mol. The molecule has 0 saturated carbocycles. The van der Waals surface area contributed by atoms with Crippen LogP contribution in [0, 0.1) is 0 Å². The van der Waals surface area contributed by atoms with E-state index in [1.54, 1.807) is 6.92 Å². The minimum absolute atomic E-state index is 0.114. The van der Waals surface area contributed by atoms with Gasteiger partial charge in [0.25, 0.3) is 5.56 Å². The summed E-state index contributed by atoms with van der Waals surface area (Å²) in [6, 6.07) is 0. The van der Waals surface area contributed by atoms with Gasteiger partial charge in [0.05, 0.1) is 13.0 Å². The number of carbonyl (C=O) groups excluding carboxylic acids is 1. The van der Waals surface area contributed by atoms with Crippen LogP contribution in [0.4, 0.5) is 0 Å². The van der Waals surface area contributed by atoms with E-state index in [2.05, 4.69) is 4.98 Å². The van der Waals surface area contributed by atoms with Crippen molar-refractivity contribution in [3.63, 3.8) is 0 Å². The Labute approximate surface area is 98.2 Å². The maximum absolute atomic E-state index is 11.4. The van der Waals surface area contributed by atoms with E-state index in [0.29, 0.717) is 18.6 Å². The Morgan fingerprint density at radius 1 is 1.41 bits per heavy atom. The Kier molecular flexibility index (Phi) is 4.68. The van der Waals surface area contributed by atoms with Crippen LogP contribution in [0.1, 0.15) is 25.8 Å². The van der Waals surface area contributed by atoms with Crippen molar-refractivity contribution in [3.8, 4) is 0 Å². The molecule has 0 aromatic carbocycles. The van der Waals surface area contributed by atoms with Gasteiger partial charge < -0.3 is 4.74 Å². The van der Waals surface area contributed by atoms with E-state index in [4.69, 9.17) is 4.74 Å². The van der Waals surface area contributed by atoms with Crippen molar-refractivity contribution in [2.24, 2.45) is 0 Å². The zero-order valence-electron chi connectivity index (χ0n) is 9.99. The third kappa shape index (κ3) is 3.58. The fourth-order valence-electron chi connectivity index (χ4n) is 1.42. The summed E-state index contributed by atoms with van der Waals surface area (Å²) in [5, 5.41) is 0. The molecule has 1 N–H and O–H groups in total. The molecule has 0 aliphatic carbocycles. The standard InChI is InChI=1S/C11H16N2O4/c1-3-8-7-13(11(16)12-10(8)15)6-5-9(14)17-4-2/h7H,3-6H2,1-2H3,(H,12,15,16). The van der Waals surface area contributed by atoms with Gasteiger partial charge in [0.1, 0.15) is 0 Å². The maximum Gasteiger partial charge on any atom is 0.328 e. The molecule has 17 heavy (non-hydrogen) atoms. The lowest BCUT2D eigenvalue weighted by atomic mass is 10.2. The Bertz CT molecular complexity index is 501. The Morgan fingerprint density at radius 2 is 2.12 bits per heavy atom. The molecule has 94 valence electrons. The van der Waals surface area contributed by atoms with Crippen LogP contribution in [-0.4, -0.2) is 22.1 Å². The predicted molar refractivity (Wildman–Crippen MR) is 62.0 cm³/mol. The number of ether oxygens (including phenoxy) is 1. The summed E-state index contributed by atoms with van der Waals surface area (Å²) < 4.78 is 6.07. The van der Waals surface area contributed by atoms with Crippen LogP contribution in [0.3, 0.4) is 0 Å². The van der Waals surface area contributed by atoms with Crippen molar-refractivity contribution in [3.05, 3.63) is 32.6 Å². The zero-order valence-corrected chi connectivity index (χ0v) is 9.99. The van der Waals surface area contributed by atoms with E-state index in [-0.39, 0.29) is 24.5 Å². The molecule has 1 aromatic heterocycles. The molecule has 0 unspecified atom stereocenters. The number of aromatic nitrogens is 2. The number of aryl methyl sites for hydroxylation is 2. The fourth-order valence-corrected chi connectivity index (χ4v) is 1.42. The molecule has 0 bridgehead atoms. The first-order valence-corrected chi connectivity index (χ1v) is 5.56. The maximum atomic E-state index is 11.4. The Morgan fingerprint density at radius 3 is 2.71 bits per heavy atom. The van der Waals surface area contributed by atoms with Gasteiger partial charge in [0.2, 0.25) is 0 Å². The van der Waals surface area contributed by atoms with Crippen molar-refractivity contribution in [1.82, 2.24) is 9.55 Å². The molecule has 0 radical (unpaired) electrons. The van der Waals surface area contributed by atoms with Crippen molar-refractivity contribution >= 4 is 5.97 Å². The molecule has 1 rings (SSSR count). The van der Waals surface area contributed by atoms with Crippen LogP contribution in [-0.2, 0) is 22.5 Å². The van der Waals surface area contributed by atoms with Gasteiger partial charge in [-0.25, -0.2) is 4.79 Å². The van der Waals surface area contributed by atoms with Gasteiger partial charge in [-0.1, -0.05) is 6.92 Å². The van der Waals surface area contributed by atoms with Gasteiger partial charge >= 0.3 is 11.7 Å². The largest absolute Gasteiger partial charge is 0.466 e. The average molecular weight is 240 g/mol. The van der Waals surface area contributed by atoms with Gasteiger partial charge in [-0.05, 0) is 13.3 Å². The van der Waals surface area contributed by atoms with E-state index < -0.39 is 5.69 Å². The number of hydrogen-bond donors (Lipinski definition) is 1. The van der Waals surface area contributed by atoms with E-state index in [1.165, 1.54) is 10.8 Å². The third-order valence-electron chi connectivity index (χ3n) is 2.33. The topological polar surface area (TPSA) is 81.2 Å². The molecule has 6 heteroatoms. The molecule has 0 amide bonds. The first-order chi connectivity index (χ1) is 8.08. The van der Waals surface area contributed by atoms with Crippen molar-refractivity contribution in [2.45, 2.75) is 33.2 Å². The molecule has 1 aromatic rings. The molecule has 0 atom stereocenters. The average Bonchev–Trinajstić information content (AvgIpc) is 2.28. The summed E-state index contributed by atoms with van der Waals surface area (Å²) in [4.78, 5) is 36.1. The molecule has 6 nitrogen and oxygen atoms in total. The second-order valence-electron chi connectivity index (χ2n) is 3.52. The SMILES string of the molecule is CCOC(=O)CCn1cc(CC)c(=O)[nH]c1=O. The summed E-state index contributed by atoms with van der Waals surface area (Å²) in [5.41, 5.74) is -0.352. The summed E-state index contributed by atoms with van der Waals surface area (Å²) in [6.07, 6.45) is 2.14. The number of rotatable bonds is 5. The first-order valence-electron chi connectivity index (χ1n) is 5.56. The highest BCUT2D eigenvalue weighted by Crippen LogP contribution is 1.93. The predicted octanol–water partition coefficient (Wildman–Crippen LogP) is 0.0522. The minimum atomic E-state index is -0.503. The van der Waals surface area contributed by atoms with Crippen molar-refractivity contribution in [1.29, 1.82) is 0 Å². The van der Waals surface area contributed by atoms with Crippen LogP contribution in [0.5, 0.6) is 0 Å². The Balaban J connectivity index is 2.81. The summed E-state index contributed by atoms with van der Waals surface area (Å²) in [5.74, 6) is -0.358. The number of aromatic amines is 1. The van der Waals surface area contributed by atoms with Crippen LogP contribution >= 0.6 is 0 Å². The van der Waals surface area contributed by atoms with Crippen molar-refractivity contribution in [2.75, 3.05) is 6.61 Å². The van der Waals surface area contributed by atoms with Gasteiger partial charge in [-0.15, -0.1) is 0 Å². The van der Waals surface area contributed by atoms with E-state index in [0.717, 1.165) is 0 Å². The normalized spacial score (nSPS) is 10.2. The first kappa shape index (κ1) is 13.2. The second-order valence-corrected chi connectivity index (χ2v) is 3.52. The number of hydrogen-bond acceptors (Lipinski definition) is 4. The lowest BCUT2D eigenvalue weighted by molar-refractivity contribution is -0.143. The van der Waals surface area contributed by atoms with E-state index >= 15 is 0 Å². The molecule has 1 heterocycles. The van der Waals surface area contributed by atoms with Gasteiger partial charge in [-0.2, -0.15) is 0 Å². The van der Waals surface area contributed by atoms with Crippen LogP contribution in [0.15, 0.2) is 15.8 Å². The van der Waals surface area contributed by atoms with E-state index in [1.807, 2.05) is 6.92 Å². The minimum Gasteiger partial charge on any atom is -0.466 e. The third-order valence-corrected chi connectivity index (χ3v) is 2.33. The number of nitrogens with one attached hydrogen (secondary N) is 1. The zero-order chi connectivity index (χ0) is 12.8. The molecule has 0 spiro atoms. The summed E-state index contributed by atoms with van der Waals surface area (Å²) in [6.45, 7) is 4.07. The number of carbonyl (C=O) groups is 1. The molecule has 0 aliphatic rings. The molecule has 0 fully saturated rings.